The summed E-state index contributed by atoms with van der Waals surface area (Å²) in [5.74, 6) is 2.20. The molecule has 1 aliphatic heterocycles. The van der Waals surface area contributed by atoms with Crippen LogP contribution in [-0.2, 0) is 11.3 Å². The van der Waals surface area contributed by atoms with Gasteiger partial charge < -0.3 is 14.4 Å². The number of carbonyl (C=O) groups excluding carboxylic acids is 1. The fourth-order valence-electron chi connectivity index (χ4n) is 3.50. The van der Waals surface area contributed by atoms with Gasteiger partial charge in [0.15, 0.2) is 0 Å². The zero-order chi connectivity index (χ0) is 19.8. The van der Waals surface area contributed by atoms with Crippen LogP contribution in [0.3, 0.4) is 0 Å². The predicted molar refractivity (Wildman–Crippen MR) is 108 cm³/mol. The molecule has 0 bridgehead atoms. The number of likely N-dealkylation sites (tertiary alicyclic amines) is 1. The third kappa shape index (κ3) is 5.96. The van der Waals surface area contributed by atoms with E-state index < -0.39 is 0 Å². The van der Waals surface area contributed by atoms with Crippen LogP contribution in [0.2, 0.25) is 0 Å². The van der Waals surface area contributed by atoms with Crippen molar-refractivity contribution in [3.05, 3.63) is 54.4 Å². The van der Waals surface area contributed by atoms with Gasteiger partial charge >= 0.3 is 0 Å². The Hall–Kier alpha value is -2.60. The molecule has 1 aromatic heterocycles. The molecule has 1 aromatic carbocycles. The number of piperidine rings is 1. The molecule has 1 amide bonds. The molecule has 6 heteroatoms. The van der Waals surface area contributed by atoms with Gasteiger partial charge in [0.2, 0.25) is 5.91 Å². The number of ether oxygens (including phenoxy) is 2. The van der Waals surface area contributed by atoms with E-state index in [0.717, 1.165) is 49.5 Å². The van der Waals surface area contributed by atoms with Gasteiger partial charge in [0.1, 0.15) is 11.5 Å². The predicted octanol–water partition coefficient (Wildman–Crippen LogP) is 2.84. The molecule has 0 N–H and O–H groups in total. The van der Waals surface area contributed by atoms with E-state index in [9.17, 15) is 4.79 Å². The van der Waals surface area contributed by atoms with Gasteiger partial charge in [0, 0.05) is 37.9 Å². The molecule has 1 atom stereocenters. The van der Waals surface area contributed by atoms with Crippen molar-refractivity contribution in [2.45, 2.75) is 19.4 Å². The third-order valence-corrected chi connectivity index (χ3v) is 5.02. The molecule has 150 valence electrons. The van der Waals surface area contributed by atoms with Crippen molar-refractivity contribution in [3.8, 4) is 11.5 Å². The van der Waals surface area contributed by atoms with Crippen LogP contribution in [0, 0.1) is 5.92 Å². The molecule has 6 nitrogen and oxygen atoms in total. The van der Waals surface area contributed by atoms with Crippen molar-refractivity contribution in [2.75, 3.05) is 40.4 Å². The van der Waals surface area contributed by atoms with Crippen molar-refractivity contribution in [3.63, 3.8) is 0 Å². The lowest BCUT2D eigenvalue weighted by molar-refractivity contribution is -0.134. The normalized spacial score (nSPS) is 16.8. The largest absolute Gasteiger partial charge is 0.497 e. The first kappa shape index (κ1) is 20.1. The number of benzene rings is 1. The first-order valence-corrected chi connectivity index (χ1v) is 9.76. The fraction of sp³-hybridized carbons (Fsp3) is 0.455. The lowest BCUT2D eigenvalue weighted by atomic mass is 9.99. The Kier molecular flexibility index (Phi) is 7.25. The minimum atomic E-state index is 0.186. The highest BCUT2D eigenvalue weighted by Crippen LogP contribution is 2.21. The van der Waals surface area contributed by atoms with Crippen molar-refractivity contribution in [1.29, 1.82) is 0 Å². The van der Waals surface area contributed by atoms with Crippen LogP contribution in [0.1, 0.15) is 18.4 Å². The molecule has 0 aliphatic carbocycles. The second-order valence-corrected chi connectivity index (χ2v) is 7.36. The van der Waals surface area contributed by atoms with Crippen LogP contribution in [0.25, 0.3) is 0 Å². The zero-order valence-corrected chi connectivity index (χ0v) is 16.7. The smallest absolute Gasteiger partial charge is 0.236 e. The van der Waals surface area contributed by atoms with Gasteiger partial charge in [-0.25, -0.2) is 0 Å². The van der Waals surface area contributed by atoms with E-state index in [1.807, 2.05) is 48.3 Å². The molecule has 28 heavy (non-hydrogen) atoms. The molecular weight excluding hydrogens is 354 g/mol. The van der Waals surface area contributed by atoms with Crippen LogP contribution in [0.4, 0.5) is 0 Å². The Morgan fingerprint density at radius 1 is 1.18 bits per heavy atom. The number of likely N-dealkylation sites (N-methyl/N-ethyl adjacent to an activating group) is 1. The summed E-state index contributed by atoms with van der Waals surface area (Å²) in [7, 11) is 3.63. The van der Waals surface area contributed by atoms with Gasteiger partial charge in [0.05, 0.1) is 20.3 Å². The van der Waals surface area contributed by atoms with Gasteiger partial charge in [-0.3, -0.25) is 14.7 Å². The number of rotatable bonds is 8. The van der Waals surface area contributed by atoms with E-state index in [0.29, 0.717) is 19.1 Å². The van der Waals surface area contributed by atoms with Crippen LogP contribution in [0.15, 0.2) is 48.8 Å². The van der Waals surface area contributed by atoms with Crippen LogP contribution < -0.4 is 9.47 Å². The topological polar surface area (TPSA) is 54.9 Å². The van der Waals surface area contributed by atoms with Gasteiger partial charge in [-0.1, -0.05) is 0 Å². The van der Waals surface area contributed by atoms with E-state index >= 15 is 0 Å². The highest BCUT2D eigenvalue weighted by Gasteiger charge is 2.24. The lowest BCUT2D eigenvalue weighted by Crippen LogP contribution is -2.45. The van der Waals surface area contributed by atoms with Crippen molar-refractivity contribution in [2.24, 2.45) is 5.92 Å². The minimum absolute atomic E-state index is 0.186. The van der Waals surface area contributed by atoms with E-state index in [1.165, 1.54) is 0 Å². The van der Waals surface area contributed by atoms with E-state index in [-0.39, 0.29) is 5.91 Å². The Balaban J connectivity index is 1.44. The first-order valence-electron chi connectivity index (χ1n) is 9.76. The third-order valence-electron chi connectivity index (χ3n) is 5.02. The number of nitrogens with zero attached hydrogens (tertiary/aromatic N) is 3. The quantitative estimate of drug-likeness (QED) is 0.702. The fourth-order valence-corrected chi connectivity index (χ4v) is 3.50. The second-order valence-electron chi connectivity index (χ2n) is 7.36. The number of amides is 1. The maximum atomic E-state index is 12.7. The van der Waals surface area contributed by atoms with Crippen LogP contribution >= 0.6 is 0 Å². The molecule has 2 heterocycles. The van der Waals surface area contributed by atoms with Crippen LogP contribution in [0.5, 0.6) is 11.5 Å². The van der Waals surface area contributed by atoms with Gasteiger partial charge in [-0.05, 0) is 61.9 Å². The summed E-state index contributed by atoms with van der Waals surface area (Å²) in [6, 6.07) is 11.6. The summed E-state index contributed by atoms with van der Waals surface area (Å²) in [6.45, 7) is 3.39. The second kappa shape index (κ2) is 10.1. The van der Waals surface area contributed by atoms with Gasteiger partial charge in [-0.15, -0.1) is 0 Å². The number of methoxy groups -OCH3 is 1. The number of pyridine rings is 1. The highest BCUT2D eigenvalue weighted by molar-refractivity contribution is 5.78. The average molecular weight is 383 g/mol. The van der Waals surface area contributed by atoms with E-state index in [1.54, 1.807) is 19.5 Å². The van der Waals surface area contributed by atoms with E-state index in [4.69, 9.17) is 9.47 Å². The van der Waals surface area contributed by atoms with Gasteiger partial charge in [-0.2, -0.15) is 0 Å². The maximum absolute atomic E-state index is 12.7. The molecule has 1 unspecified atom stereocenters. The zero-order valence-electron chi connectivity index (χ0n) is 16.7. The number of hydrogen-bond donors (Lipinski definition) is 0. The lowest BCUT2D eigenvalue weighted by Gasteiger charge is -2.33. The molecule has 1 saturated heterocycles. The molecule has 0 spiro atoms. The summed E-state index contributed by atoms with van der Waals surface area (Å²) in [4.78, 5) is 20.8. The van der Waals surface area contributed by atoms with Crippen molar-refractivity contribution >= 4 is 5.91 Å². The maximum Gasteiger partial charge on any atom is 0.236 e. The van der Waals surface area contributed by atoms with Gasteiger partial charge in [0.25, 0.3) is 0 Å². The monoisotopic (exact) mass is 383 g/mol. The molecule has 1 aliphatic rings. The Morgan fingerprint density at radius 2 is 1.89 bits per heavy atom. The number of aromatic nitrogens is 1. The summed E-state index contributed by atoms with van der Waals surface area (Å²) in [5.41, 5.74) is 1.16. The average Bonchev–Trinajstić information content (AvgIpc) is 2.73. The minimum Gasteiger partial charge on any atom is -0.497 e. The first-order chi connectivity index (χ1) is 13.6. The summed E-state index contributed by atoms with van der Waals surface area (Å²) >= 11 is 0. The van der Waals surface area contributed by atoms with Crippen molar-refractivity contribution < 1.29 is 14.3 Å². The highest BCUT2D eigenvalue weighted by atomic mass is 16.5. The van der Waals surface area contributed by atoms with Crippen molar-refractivity contribution in [1.82, 2.24) is 14.8 Å². The SMILES string of the molecule is COc1ccc(OCC2CCCN(C(=O)CN(C)Cc3ccncc3)C2)cc1. The molecular formula is C22H29N3O3. The molecule has 3 rings (SSSR count). The Bertz CT molecular complexity index is 736. The summed E-state index contributed by atoms with van der Waals surface area (Å²) < 4.78 is 11.1. The molecule has 0 radical (unpaired) electrons. The molecule has 0 saturated carbocycles. The molecule has 2 aromatic rings. The van der Waals surface area contributed by atoms with E-state index in [2.05, 4.69) is 9.88 Å². The standard InChI is InChI=1S/C22H29N3O3/c1-24(14-18-9-11-23-12-10-18)16-22(26)25-13-3-4-19(15-25)17-28-21-7-5-20(27-2)6-8-21/h5-12,19H,3-4,13-17H2,1-2H3. The molecule has 1 fully saturated rings. The van der Waals surface area contributed by atoms with Crippen LogP contribution in [-0.4, -0.2) is 61.1 Å². The Labute approximate surface area is 167 Å². The summed E-state index contributed by atoms with van der Waals surface area (Å²) in [5, 5.41) is 0. The Morgan fingerprint density at radius 3 is 2.61 bits per heavy atom. The number of hydrogen-bond acceptors (Lipinski definition) is 5. The number of carbonyl (C=O) groups is 1. The summed E-state index contributed by atoms with van der Waals surface area (Å²) in [6.07, 6.45) is 5.68.